The van der Waals surface area contributed by atoms with Crippen LogP contribution < -0.4 is 550 Å². The van der Waals surface area contributed by atoms with E-state index in [1.807, 2.05) is 167 Å². The molecule has 0 aromatic heterocycles. The van der Waals surface area contributed by atoms with Gasteiger partial charge in [-0.1, -0.05) is 186 Å². The van der Waals surface area contributed by atoms with Gasteiger partial charge in [-0.2, -0.15) is 0 Å². The first kappa shape index (κ1) is 140. The molecule has 0 bridgehead atoms. The Morgan fingerprint density at radius 2 is 0.627 bits per heavy atom. The van der Waals surface area contributed by atoms with Crippen LogP contribution in [0.15, 0.2) is 200 Å². The van der Waals surface area contributed by atoms with Crippen LogP contribution in [0, 0.1) is 93.6 Å². The van der Waals surface area contributed by atoms with E-state index in [9.17, 15) is 0 Å². The quantitative estimate of drug-likeness (QED) is 0.0363. The number of ether oxygens (including phenoxy) is 21. The number of halogens is 5. The third kappa shape index (κ3) is 54.8. The monoisotopic (exact) mass is 2890 g/mol. The molecule has 14 atom stereocenters. The predicted molar refractivity (Wildman–Crippen MR) is 524 cm³/mol. The van der Waals surface area contributed by atoms with E-state index in [2.05, 4.69) is 78.2 Å². The maximum Gasteiger partial charge on any atom is 1.00 e. The van der Waals surface area contributed by atoms with Crippen molar-refractivity contribution in [2.24, 2.45) is 47.3 Å². The van der Waals surface area contributed by atoms with Crippen molar-refractivity contribution in [3.05, 3.63) is 283 Å². The maximum atomic E-state index is 8.72. The molecule has 736 valence electrons. The van der Waals surface area contributed by atoms with Crippen molar-refractivity contribution in [2.75, 3.05) is 77.6 Å². The van der Waals surface area contributed by atoms with Crippen molar-refractivity contribution >= 4 is 69.4 Å². The molecular formula is C106H128Cl5Cs7N2O22. The van der Waals surface area contributed by atoms with Crippen molar-refractivity contribution in [3.8, 4) is 69.0 Å². The van der Waals surface area contributed by atoms with Crippen molar-refractivity contribution < 1.29 is 587 Å². The van der Waals surface area contributed by atoms with Crippen molar-refractivity contribution in [1.82, 2.24) is 0 Å². The molecule has 8 aliphatic heterocycles. The van der Waals surface area contributed by atoms with Crippen LogP contribution in [0.3, 0.4) is 0 Å². The molecule has 8 aliphatic rings. The zero-order valence-electron chi connectivity index (χ0n) is 85.3. The number of hydrogen-bond acceptors (Lipinski definition) is 24. The molecule has 8 fully saturated rings. The molecule has 8 heterocycles. The SMILES string of the molecule is CCCOc1cc(OC2C[C@@H](C)[CH-]O2)ccc1Cl.CNc1cccc(OC2C[C@@H](C)[CH-]O2)c1.COCCOc1cc(OC2C[C@@H](C)[CH-]O2)ccc1Cl.C[C@H]1[CH-]OC(Oc2ccc(Cl)c(OCC3CCOCC3)c2)C1.C[C@H]1[CH-]OC(Oc2ccc(Cl)c(OCCO)c2)C1.C[C@H]1[CH-]OC(Oc2ccc(Cl)c(OCc3ccccc3)c2)C1.C[C@H]1[CH-]OC(Oc2cccc(NCc3ccccc3)c2)C1.[Cs+].[Cs+].[Cs+].[Cs+].[Cs+].[Cs+].[Cs+]. The van der Waals surface area contributed by atoms with Gasteiger partial charge in [0, 0.05) is 87.8 Å². The molecule has 17 rings (SSSR count). The smallest absolute Gasteiger partial charge is 0.520 e. The summed E-state index contributed by atoms with van der Waals surface area (Å²) in [7, 11) is 3.51. The maximum absolute atomic E-state index is 8.72. The molecule has 7 unspecified atom stereocenters. The molecule has 142 heavy (non-hydrogen) atoms. The van der Waals surface area contributed by atoms with E-state index in [0.717, 1.165) is 124 Å². The zero-order chi connectivity index (χ0) is 95.5. The summed E-state index contributed by atoms with van der Waals surface area (Å²) in [4.78, 5) is 0. The second-order valence-corrected chi connectivity index (χ2v) is 35.8. The number of nitrogens with one attached hydrogen (secondary N) is 2. The number of methoxy groups -OCH3 is 1. The summed E-state index contributed by atoms with van der Waals surface area (Å²) in [5.74, 6) is 11.7. The summed E-state index contributed by atoms with van der Waals surface area (Å²) in [5, 5.41) is 18.0. The first-order valence-corrected chi connectivity index (χ1v) is 48.0. The van der Waals surface area contributed by atoms with Crippen LogP contribution in [0.4, 0.5) is 11.4 Å². The van der Waals surface area contributed by atoms with Crippen molar-refractivity contribution in [2.45, 2.75) is 177 Å². The molecule has 9 aromatic carbocycles. The molecule has 24 nitrogen and oxygen atoms in total. The van der Waals surface area contributed by atoms with Crippen LogP contribution in [0.25, 0.3) is 0 Å². The first-order valence-electron chi connectivity index (χ1n) is 46.1. The van der Waals surface area contributed by atoms with Crippen molar-refractivity contribution in [3.63, 3.8) is 0 Å². The minimum atomic E-state index is -0.258. The van der Waals surface area contributed by atoms with Gasteiger partial charge in [-0.3, -0.25) is 0 Å². The van der Waals surface area contributed by atoms with E-state index in [4.69, 9.17) is 163 Å². The molecule has 9 aromatic rings. The first-order chi connectivity index (χ1) is 65.5. The van der Waals surface area contributed by atoms with Gasteiger partial charge in [-0.15, -0.1) is 41.4 Å². The van der Waals surface area contributed by atoms with Gasteiger partial charge in [0.15, 0.2) is 44.0 Å². The fourth-order valence-corrected chi connectivity index (χ4v) is 14.9. The van der Waals surface area contributed by atoms with Gasteiger partial charge >= 0.3 is 482 Å². The van der Waals surface area contributed by atoms with E-state index in [0.29, 0.717) is 151 Å². The molecule has 0 aliphatic carbocycles. The summed E-state index contributed by atoms with van der Waals surface area (Å²) in [6.45, 7) is 34.8. The van der Waals surface area contributed by atoms with Crippen LogP contribution in [0.5, 0.6) is 69.0 Å². The number of benzene rings is 9. The Kier molecular flexibility index (Phi) is 79.2. The largest absolute Gasteiger partial charge is 1.00 e. The Hall–Kier alpha value is 5.59. The van der Waals surface area contributed by atoms with Gasteiger partial charge in [-0.25, -0.2) is 46.2 Å². The Morgan fingerprint density at radius 1 is 0.331 bits per heavy atom. The molecule has 8 saturated heterocycles. The number of anilines is 2. The normalized spacial score (nSPS) is 21.9. The van der Waals surface area contributed by atoms with Gasteiger partial charge in [0.1, 0.15) is 88.8 Å². The Balaban J connectivity index is 0.000000344. The summed E-state index contributed by atoms with van der Waals surface area (Å²) in [6, 6.07) is 63.0. The molecule has 0 amide bonds. The predicted octanol–water partition coefficient (Wildman–Crippen LogP) is 4.79. The molecule has 36 heteroatoms. The number of aliphatic hydroxyl groups excluding tert-OH is 1. The summed E-state index contributed by atoms with van der Waals surface area (Å²) < 4.78 is 117. The Labute approximate surface area is 1280 Å². The minimum absolute atomic E-state index is 0. The van der Waals surface area contributed by atoms with E-state index < -0.39 is 0 Å². The summed E-state index contributed by atoms with van der Waals surface area (Å²) in [5.41, 5.74) is 4.44. The van der Waals surface area contributed by atoms with Crippen LogP contribution in [0.1, 0.15) is 131 Å². The number of hydrogen-bond donors (Lipinski definition) is 3. The molecule has 3 N–H and O–H groups in total. The van der Waals surface area contributed by atoms with Crippen LogP contribution >= 0.6 is 58.0 Å². The van der Waals surface area contributed by atoms with E-state index >= 15 is 0 Å². The molecule has 0 spiro atoms. The second kappa shape index (κ2) is 80.4. The second-order valence-electron chi connectivity index (χ2n) is 33.7. The minimum Gasteiger partial charge on any atom is -0.520 e. The fourth-order valence-electron chi connectivity index (χ4n) is 14.0. The van der Waals surface area contributed by atoms with Gasteiger partial charge in [-0.05, 0) is 166 Å². The summed E-state index contributed by atoms with van der Waals surface area (Å²) >= 11 is 30.5. The standard InChI is InChI=1S/C18H18ClO3.C18H20NO2.C17H22ClO4.C14H18ClO4.C14H18ClO3.C13H16ClO4.C12H16NO2.7Cs/c1-13-9-18(21-11-13)22-15-7-8-16(19)17(10-15)20-12-14-5-3-2-4-6-14;1-14-10-18(20-13-14)21-17-9-5-8-16(11-17)19-12-15-6-3-2-4-7-15;1-12-8-17(21-10-12)22-14-2-3-15(18)16(9-14)20-11-13-4-6-19-7-5-13;1-10-7-14(18-9-10)19-11-3-4-12(15)13(8-11)17-6-5-16-2;1-3-6-16-13-8-11(4-5-12(13)15)18-14-7-10(2)9-17-14;1-9-6-13(17-8-9)18-10-2-3-11(14)12(7-10)16-5-4-15;1-9-6-12(14-8-9)15-11-5-3-4-10(7-11)13-2;;;;;;;/h2-8,10-11,13,18H,9,12H2,1H3;2-9,11,13-14,18-19H,10,12H2,1H3;2-3,9-10,12-13,17H,4-8,11H2,1H3;3-4,8-10,14H,5-7H2,1-2H3;4-5,8-10,14H,3,6-7H2,1-2H3;2-3,7-9,13,15H,4-6H2,1H3;3-5,7-9,12-13H,6H2,1-2H3;;;;;;;/q7*-1;7*+1/t13-,18?;14-,18?;12-,17?;2*10-,14?;9-,13?;9-,12?;;;;;;;/m1111111......./s1. The topological polar surface area (TPSA) is 238 Å². The van der Waals surface area contributed by atoms with Gasteiger partial charge in [0.2, 0.25) is 0 Å². The van der Waals surface area contributed by atoms with Gasteiger partial charge in [0.25, 0.3) is 0 Å². The molecule has 0 radical (unpaired) electrons. The van der Waals surface area contributed by atoms with Crippen LogP contribution in [-0.2, 0) is 55.8 Å². The van der Waals surface area contributed by atoms with Gasteiger partial charge in [0.05, 0.1) is 51.5 Å². The van der Waals surface area contributed by atoms with E-state index in [-0.39, 0.29) is 540 Å². The fraction of sp³-hybridized carbons (Fsp3) is 0.425. The van der Waals surface area contributed by atoms with Gasteiger partial charge < -0.3 is 115 Å². The van der Waals surface area contributed by atoms with Crippen molar-refractivity contribution in [1.29, 1.82) is 0 Å². The van der Waals surface area contributed by atoms with E-state index in [1.54, 1.807) is 81.0 Å². The average Bonchev–Trinajstić information content (AvgIpc) is 1.33. The average molecular weight is 2890 g/mol. The molecular weight excluding hydrogens is 2760 g/mol. The third-order valence-electron chi connectivity index (χ3n) is 21.3. The molecule has 0 saturated carbocycles. The Morgan fingerprint density at radius 3 is 0.937 bits per heavy atom. The van der Waals surface area contributed by atoms with Crippen LogP contribution in [-0.4, -0.2) is 116 Å². The summed E-state index contributed by atoms with van der Waals surface area (Å²) in [6.07, 6.45) is 7.65. The van der Waals surface area contributed by atoms with E-state index in [1.165, 1.54) is 5.56 Å². The van der Waals surface area contributed by atoms with Crippen LogP contribution in [0.2, 0.25) is 25.1 Å². The Bertz CT molecular complexity index is 4840. The number of rotatable bonds is 34. The third-order valence-corrected chi connectivity index (χ3v) is 22.8. The zero-order valence-corrected chi connectivity index (χ0v) is 133. The number of aliphatic hydroxyl groups is 1.